The first-order chi connectivity index (χ1) is 12.4. The third-order valence-corrected chi connectivity index (χ3v) is 5.43. The van der Waals surface area contributed by atoms with Crippen LogP contribution in [0.1, 0.15) is 5.56 Å². The van der Waals surface area contributed by atoms with Crippen LogP contribution < -0.4 is 14.4 Å². The molecule has 3 rings (SSSR count). The number of amides is 1. The van der Waals surface area contributed by atoms with Crippen LogP contribution in [-0.4, -0.2) is 41.2 Å². The fourth-order valence-corrected chi connectivity index (χ4v) is 3.76. The zero-order chi connectivity index (χ0) is 18.7. The smallest absolute Gasteiger partial charge is 0.262 e. The third kappa shape index (κ3) is 3.81. The first-order valence-corrected chi connectivity index (χ1v) is 9.54. The minimum atomic E-state index is -3.78. The molecule has 2 aromatic rings. The Balaban J connectivity index is 1.84. The van der Waals surface area contributed by atoms with Gasteiger partial charge in [-0.05, 0) is 48.9 Å². The van der Waals surface area contributed by atoms with E-state index in [1.54, 1.807) is 29.2 Å². The molecular weight excluding hydrogens is 356 g/mol. The molecule has 0 radical (unpaired) electrons. The summed E-state index contributed by atoms with van der Waals surface area (Å²) in [4.78, 5) is 13.6. The van der Waals surface area contributed by atoms with Gasteiger partial charge in [-0.1, -0.05) is 6.07 Å². The number of rotatable bonds is 5. The highest BCUT2D eigenvalue weighted by Gasteiger charge is 2.22. The van der Waals surface area contributed by atoms with Crippen LogP contribution in [0.2, 0.25) is 0 Å². The van der Waals surface area contributed by atoms with Crippen molar-refractivity contribution in [2.24, 2.45) is 0 Å². The van der Waals surface area contributed by atoms with E-state index < -0.39 is 10.0 Å². The zero-order valence-electron chi connectivity index (χ0n) is 14.6. The van der Waals surface area contributed by atoms with E-state index in [2.05, 4.69) is 4.72 Å². The second-order valence-corrected chi connectivity index (χ2v) is 7.58. The van der Waals surface area contributed by atoms with E-state index in [0.29, 0.717) is 30.3 Å². The predicted octanol–water partition coefficient (Wildman–Crippen LogP) is 2.17. The first kappa shape index (κ1) is 18.2. The van der Waals surface area contributed by atoms with E-state index >= 15 is 0 Å². The maximum Gasteiger partial charge on any atom is 0.262 e. The van der Waals surface area contributed by atoms with Gasteiger partial charge in [0, 0.05) is 12.2 Å². The van der Waals surface area contributed by atoms with E-state index in [1.165, 1.54) is 19.2 Å². The summed E-state index contributed by atoms with van der Waals surface area (Å²) >= 11 is 0. The van der Waals surface area contributed by atoms with Gasteiger partial charge in [-0.2, -0.15) is 0 Å². The number of ether oxygens (including phenoxy) is 2. The SMILES string of the molecule is COc1ccc(C)cc1NS(=O)(=O)c1ccc(N2CCOCC2=O)cc1. The van der Waals surface area contributed by atoms with E-state index in [-0.39, 0.29) is 17.4 Å². The minimum Gasteiger partial charge on any atom is -0.495 e. The van der Waals surface area contributed by atoms with E-state index in [0.717, 1.165) is 5.56 Å². The molecule has 8 heteroatoms. The van der Waals surface area contributed by atoms with Crippen LogP contribution in [0.3, 0.4) is 0 Å². The second-order valence-electron chi connectivity index (χ2n) is 5.90. The average Bonchev–Trinajstić information content (AvgIpc) is 2.62. The fourth-order valence-electron chi connectivity index (χ4n) is 2.70. The maximum atomic E-state index is 12.7. The van der Waals surface area contributed by atoms with Crippen LogP contribution >= 0.6 is 0 Å². The number of hydrogen-bond donors (Lipinski definition) is 1. The van der Waals surface area contributed by atoms with Gasteiger partial charge in [-0.15, -0.1) is 0 Å². The predicted molar refractivity (Wildman–Crippen MR) is 98.2 cm³/mol. The monoisotopic (exact) mass is 376 g/mol. The van der Waals surface area contributed by atoms with Crippen molar-refractivity contribution in [1.82, 2.24) is 0 Å². The lowest BCUT2D eigenvalue weighted by atomic mass is 10.2. The van der Waals surface area contributed by atoms with Crippen molar-refractivity contribution in [3.63, 3.8) is 0 Å². The molecule has 1 saturated heterocycles. The molecule has 1 aliphatic heterocycles. The number of sulfonamides is 1. The van der Waals surface area contributed by atoms with Crippen molar-refractivity contribution in [1.29, 1.82) is 0 Å². The molecule has 0 bridgehead atoms. The van der Waals surface area contributed by atoms with Crippen molar-refractivity contribution >= 4 is 27.3 Å². The number of carbonyl (C=O) groups excluding carboxylic acids is 1. The summed E-state index contributed by atoms with van der Waals surface area (Å²) < 4.78 is 38.2. The first-order valence-electron chi connectivity index (χ1n) is 8.06. The van der Waals surface area contributed by atoms with Gasteiger partial charge in [0.2, 0.25) is 0 Å². The summed E-state index contributed by atoms with van der Waals surface area (Å²) in [5.74, 6) is 0.296. The van der Waals surface area contributed by atoms with E-state index in [9.17, 15) is 13.2 Å². The number of nitrogens with zero attached hydrogens (tertiary/aromatic N) is 1. The van der Waals surface area contributed by atoms with Crippen LogP contribution in [0.15, 0.2) is 47.4 Å². The second kappa shape index (κ2) is 7.35. The van der Waals surface area contributed by atoms with Crippen molar-refractivity contribution in [3.05, 3.63) is 48.0 Å². The molecule has 0 saturated carbocycles. The Hall–Kier alpha value is -2.58. The van der Waals surface area contributed by atoms with E-state index in [1.807, 2.05) is 13.0 Å². The van der Waals surface area contributed by atoms with Crippen LogP contribution in [-0.2, 0) is 19.6 Å². The molecule has 1 N–H and O–H groups in total. The standard InChI is InChI=1S/C18H20N2O5S/c1-13-3-8-17(24-2)16(11-13)19-26(22,23)15-6-4-14(5-7-15)20-9-10-25-12-18(20)21/h3-8,11,19H,9-10,12H2,1-2H3. The molecule has 7 nitrogen and oxygen atoms in total. The van der Waals surface area contributed by atoms with Crippen molar-refractivity contribution in [3.8, 4) is 5.75 Å². The fraction of sp³-hybridized carbons (Fsp3) is 0.278. The summed E-state index contributed by atoms with van der Waals surface area (Å²) in [5, 5.41) is 0. The highest BCUT2D eigenvalue weighted by atomic mass is 32.2. The molecule has 0 unspecified atom stereocenters. The molecule has 2 aromatic carbocycles. The third-order valence-electron chi connectivity index (χ3n) is 4.04. The summed E-state index contributed by atoms with van der Waals surface area (Å²) in [6, 6.07) is 11.4. The maximum absolute atomic E-state index is 12.7. The van der Waals surface area contributed by atoms with Gasteiger partial charge < -0.3 is 14.4 Å². The summed E-state index contributed by atoms with van der Waals surface area (Å²) in [6.45, 7) is 2.81. The van der Waals surface area contributed by atoms with Crippen LogP contribution in [0.25, 0.3) is 0 Å². The Morgan fingerprint density at radius 1 is 1.15 bits per heavy atom. The highest BCUT2D eigenvalue weighted by molar-refractivity contribution is 7.92. The lowest BCUT2D eigenvalue weighted by Gasteiger charge is -2.26. The molecule has 1 amide bonds. The van der Waals surface area contributed by atoms with Gasteiger partial charge in [0.1, 0.15) is 12.4 Å². The number of benzene rings is 2. The lowest BCUT2D eigenvalue weighted by molar-refractivity contribution is -0.125. The normalized spacial score (nSPS) is 15.0. The largest absolute Gasteiger partial charge is 0.495 e. The Morgan fingerprint density at radius 2 is 1.88 bits per heavy atom. The van der Waals surface area contributed by atoms with Gasteiger partial charge in [-0.25, -0.2) is 8.42 Å². The van der Waals surface area contributed by atoms with E-state index in [4.69, 9.17) is 9.47 Å². The molecule has 1 heterocycles. The number of morpholine rings is 1. The van der Waals surface area contributed by atoms with Gasteiger partial charge in [0.15, 0.2) is 0 Å². The van der Waals surface area contributed by atoms with Crippen LogP contribution in [0, 0.1) is 6.92 Å². The molecular formula is C18H20N2O5S. The Morgan fingerprint density at radius 3 is 2.54 bits per heavy atom. The molecule has 1 fully saturated rings. The van der Waals surface area contributed by atoms with Crippen molar-refractivity contribution in [2.75, 3.05) is 36.5 Å². The molecule has 1 aliphatic rings. The Kier molecular flexibility index (Phi) is 5.15. The molecule has 26 heavy (non-hydrogen) atoms. The lowest BCUT2D eigenvalue weighted by Crippen LogP contribution is -2.41. The summed E-state index contributed by atoms with van der Waals surface area (Å²) in [6.07, 6.45) is 0. The van der Waals surface area contributed by atoms with Gasteiger partial charge >= 0.3 is 0 Å². The van der Waals surface area contributed by atoms with Gasteiger partial charge in [0.25, 0.3) is 15.9 Å². The number of methoxy groups -OCH3 is 1. The Bertz CT molecular complexity index is 910. The van der Waals surface area contributed by atoms with Crippen molar-refractivity contribution < 1.29 is 22.7 Å². The molecule has 0 aromatic heterocycles. The highest BCUT2D eigenvalue weighted by Crippen LogP contribution is 2.28. The van der Waals surface area contributed by atoms with Crippen LogP contribution in [0.5, 0.6) is 5.75 Å². The summed E-state index contributed by atoms with van der Waals surface area (Å²) in [7, 11) is -2.30. The Labute approximate surface area is 152 Å². The molecule has 0 spiro atoms. The number of nitrogens with one attached hydrogen (secondary N) is 1. The topological polar surface area (TPSA) is 84.9 Å². The van der Waals surface area contributed by atoms with Crippen LogP contribution in [0.4, 0.5) is 11.4 Å². The number of carbonyl (C=O) groups is 1. The number of aryl methyl sites for hydroxylation is 1. The van der Waals surface area contributed by atoms with Gasteiger partial charge in [0.05, 0.1) is 24.3 Å². The molecule has 138 valence electrons. The average molecular weight is 376 g/mol. The molecule has 0 aliphatic carbocycles. The number of anilines is 2. The van der Waals surface area contributed by atoms with Gasteiger partial charge in [-0.3, -0.25) is 9.52 Å². The quantitative estimate of drug-likeness (QED) is 0.864. The van der Waals surface area contributed by atoms with Crippen molar-refractivity contribution in [2.45, 2.75) is 11.8 Å². The molecule has 0 atom stereocenters. The minimum absolute atomic E-state index is 0.0365. The number of hydrogen-bond acceptors (Lipinski definition) is 5. The zero-order valence-corrected chi connectivity index (χ0v) is 15.4. The summed E-state index contributed by atoms with van der Waals surface area (Å²) in [5.41, 5.74) is 1.93.